The normalized spacial score (nSPS) is 22.3. The van der Waals surface area contributed by atoms with Crippen molar-refractivity contribution in [1.29, 1.82) is 0 Å². The smallest absolute Gasteiger partial charge is 0.233 e. The van der Waals surface area contributed by atoms with Crippen molar-refractivity contribution in [3.05, 3.63) is 29.8 Å². The molecule has 6 nitrogen and oxygen atoms in total. The van der Waals surface area contributed by atoms with Gasteiger partial charge in [-0.05, 0) is 50.2 Å². The van der Waals surface area contributed by atoms with E-state index in [2.05, 4.69) is 64.7 Å². The Kier molecular flexibility index (Phi) is 6.13. The van der Waals surface area contributed by atoms with Crippen LogP contribution in [0.1, 0.15) is 38.7 Å². The number of hydrogen-bond acceptors (Lipinski definition) is 5. The Morgan fingerprint density at radius 3 is 2.38 bits per heavy atom. The number of likely N-dealkylation sites (tertiary alicyclic amines) is 1. The van der Waals surface area contributed by atoms with Crippen molar-refractivity contribution in [3.63, 3.8) is 0 Å². The molecule has 2 aliphatic rings. The van der Waals surface area contributed by atoms with Crippen LogP contribution in [0.5, 0.6) is 0 Å². The highest BCUT2D eigenvalue weighted by atomic mass is 32.2. The summed E-state index contributed by atoms with van der Waals surface area (Å²) in [6, 6.07) is 8.44. The van der Waals surface area contributed by atoms with Gasteiger partial charge in [-0.3, -0.25) is 9.36 Å². The van der Waals surface area contributed by atoms with Crippen LogP contribution in [-0.4, -0.2) is 57.5 Å². The molecule has 29 heavy (non-hydrogen) atoms. The Balaban J connectivity index is 1.54. The van der Waals surface area contributed by atoms with E-state index < -0.39 is 0 Å². The van der Waals surface area contributed by atoms with Gasteiger partial charge in [0.05, 0.1) is 11.4 Å². The summed E-state index contributed by atoms with van der Waals surface area (Å²) in [6.07, 6.45) is 3.58. The number of carbonyl (C=O) groups excluding carboxylic acids is 1. The first-order valence-electron chi connectivity index (χ1n) is 10.7. The molecule has 0 unspecified atom stereocenters. The van der Waals surface area contributed by atoms with E-state index >= 15 is 0 Å². The minimum atomic E-state index is 0.203. The number of piperidine rings is 1. The summed E-state index contributed by atoms with van der Waals surface area (Å²) in [4.78, 5) is 17.2. The second-order valence-corrected chi connectivity index (χ2v) is 9.62. The SMILES string of the molecule is Cc1ccc(-n2c(SCC(=O)N3C[C@H](C)C[C@@H](C)C3)nnc2N2CCCC2)cc1. The van der Waals surface area contributed by atoms with E-state index in [0.717, 1.165) is 43.0 Å². The van der Waals surface area contributed by atoms with Gasteiger partial charge in [-0.15, -0.1) is 10.2 Å². The quantitative estimate of drug-likeness (QED) is 0.699. The van der Waals surface area contributed by atoms with Crippen LogP contribution in [-0.2, 0) is 4.79 Å². The molecule has 4 rings (SSSR count). The van der Waals surface area contributed by atoms with Crippen LogP contribution in [0.2, 0.25) is 0 Å². The third-order valence-electron chi connectivity index (χ3n) is 5.84. The van der Waals surface area contributed by atoms with Gasteiger partial charge >= 0.3 is 0 Å². The van der Waals surface area contributed by atoms with Crippen molar-refractivity contribution in [2.45, 2.75) is 45.2 Å². The van der Waals surface area contributed by atoms with E-state index in [1.165, 1.54) is 36.6 Å². The molecule has 0 saturated carbocycles. The third kappa shape index (κ3) is 4.60. The van der Waals surface area contributed by atoms with Crippen molar-refractivity contribution in [2.75, 3.05) is 36.8 Å². The number of carbonyl (C=O) groups is 1. The van der Waals surface area contributed by atoms with Crippen molar-refractivity contribution < 1.29 is 4.79 Å². The molecular weight excluding hydrogens is 382 g/mol. The number of amides is 1. The summed E-state index contributed by atoms with van der Waals surface area (Å²) in [5.41, 5.74) is 2.28. The molecule has 156 valence electrons. The fraction of sp³-hybridized carbons (Fsp3) is 0.591. The third-order valence-corrected chi connectivity index (χ3v) is 6.76. The van der Waals surface area contributed by atoms with E-state index in [0.29, 0.717) is 17.6 Å². The molecule has 0 bridgehead atoms. The van der Waals surface area contributed by atoms with Gasteiger partial charge in [0.25, 0.3) is 0 Å². The van der Waals surface area contributed by atoms with E-state index in [1.54, 1.807) is 0 Å². The lowest BCUT2D eigenvalue weighted by Gasteiger charge is -2.35. The van der Waals surface area contributed by atoms with Crippen molar-refractivity contribution in [3.8, 4) is 5.69 Å². The molecule has 2 aliphatic heterocycles. The zero-order valence-corrected chi connectivity index (χ0v) is 18.5. The summed E-state index contributed by atoms with van der Waals surface area (Å²) >= 11 is 1.50. The molecular formula is C22H31N5OS. The second kappa shape index (κ2) is 8.78. The largest absolute Gasteiger partial charge is 0.341 e. The van der Waals surface area contributed by atoms with E-state index in [1.807, 2.05) is 4.90 Å². The second-order valence-electron chi connectivity index (χ2n) is 8.68. The molecule has 1 aromatic heterocycles. The van der Waals surface area contributed by atoms with Gasteiger partial charge in [0, 0.05) is 26.2 Å². The van der Waals surface area contributed by atoms with Gasteiger partial charge in [0.2, 0.25) is 11.9 Å². The summed E-state index contributed by atoms with van der Waals surface area (Å²) in [5.74, 6) is 2.65. The van der Waals surface area contributed by atoms with Crippen LogP contribution < -0.4 is 4.90 Å². The van der Waals surface area contributed by atoms with Crippen LogP contribution in [0.15, 0.2) is 29.4 Å². The minimum absolute atomic E-state index is 0.203. The first kappa shape index (κ1) is 20.3. The average Bonchev–Trinajstić information content (AvgIpc) is 3.35. The van der Waals surface area contributed by atoms with E-state index in [4.69, 9.17) is 0 Å². The van der Waals surface area contributed by atoms with Crippen LogP contribution in [0.4, 0.5) is 5.95 Å². The van der Waals surface area contributed by atoms with Crippen LogP contribution in [0, 0.1) is 18.8 Å². The summed E-state index contributed by atoms with van der Waals surface area (Å²) in [5, 5.41) is 9.77. The number of thioether (sulfide) groups is 1. The maximum absolute atomic E-state index is 12.9. The zero-order valence-electron chi connectivity index (χ0n) is 17.7. The number of anilines is 1. The highest BCUT2D eigenvalue weighted by molar-refractivity contribution is 7.99. The van der Waals surface area contributed by atoms with Crippen LogP contribution in [0.25, 0.3) is 5.69 Å². The summed E-state index contributed by atoms with van der Waals surface area (Å²) in [7, 11) is 0. The maximum atomic E-state index is 12.9. The number of hydrogen-bond donors (Lipinski definition) is 0. The topological polar surface area (TPSA) is 54.3 Å². The highest BCUT2D eigenvalue weighted by Gasteiger charge is 2.27. The molecule has 3 heterocycles. The molecule has 2 saturated heterocycles. The fourth-order valence-electron chi connectivity index (χ4n) is 4.48. The number of aromatic nitrogens is 3. The van der Waals surface area contributed by atoms with Crippen molar-refractivity contribution in [1.82, 2.24) is 19.7 Å². The Labute approximate surface area is 177 Å². The Morgan fingerprint density at radius 2 is 1.72 bits per heavy atom. The van der Waals surface area contributed by atoms with Crippen molar-refractivity contribution in [2.24, 2.45) is 11.8 Å². The Hall–Kier alpha value is -2.02. The molecule has 0 aliphatic carbocycles. The van der Waals surface area contributed by atoms with Crippen LogP contribution in [0.3, 0.4) is 0 Å². The standard InChI is InChI=1S/C22H31N5OS/c1-16-6-8-19(9-7-16)27-21(25-10-4-5-11-25)23-24-22(27)29-15-20(28)26-13-17(2)12-18(3)14-26/h6-9,17-18H,4-5,10-15H2,1-3H3/t17-,18-/m1/s1. The van der Waals surface area contributed by atoms with Gasteiger partial charge in [0.15, 0.2) is 5.16 Å². The summed E-state index contributed by atoms with van der Waals surface area (Å²) < 4.78 is 2.12. The average molecular weight is 414 g/mol. The zero-order chi connectivity index (χ0) is 20.4. The minimum Gasteiger partial charge on any atom is -0.341 e. The predicted molar refractivity (Wildman–Crippen MR) is 118 cm³/mol. The van der Waals surface area contributed by atoms with Gasteiger partial charge < -0.3 is 9.80 Å². The Bertz CT molecular complexity index is 833. The Morgan fingerprint density at radius 1 is 1.07 bits per heavy atom. The van der Waals surface area contributed by atoms with E-state index in [9.17, 15) is 4.79 Å². The lowest BCUT2D eigenvalue weighted by atomic mass is 9.92. The summed E-state index contributed by atoms with van der Waals surface area (Å²) in [6.45, 7) is 10.3. The molecule has 1 aromatic carbocycles. The van der Waals surface area contributed by atoms with Gasteiger partial charge in [-0.2, -0.15) is 0 Å². The number of nitrogens with zero attached hydrogens (tertiary/aromatic N) is 5. The lowest BCUT2D eigenvalue weighted by molar-refractivity contribution is -0.130. The highest BCUT2D eigenvalue weighted by Crippen LogP contribution is 2.29. The molecule has 0 radical (unpaired) electrons. The number of benzene rings is 1. The van der Waals surface area contributed by atoms with Gasteiger partial charge in [0.1, 0.15) is 0 Å². The number of rotatable bonds is 5. The molecule has 1 amide bonds. The molecule has 0 N–H and O–H groups in total. The molecule has 0 spiro atoms. The monoisotopic (exact) mass is 413 g/mol. The van der Waals surface area contributed by atoms with Crippen LogP contribution >= 0.6 is 11.8 Å². The number of aryl methyl sites for hydroxylation is 1. The lowest BCUT2D eigenvalue weighted by Crippen LogP contribution is -2.43. The maximum Gasteiger partial charge on any atom is 0.233 e. The van der Waals surface area contributed by atoms with Gasteiger partial charge in [-0.1, -0.05) is 43.3 Å². The fourth-order valence-corrected chi connectivity index (χ4v) is 5.33. The van der Waals surface area contributed by atoms with Crippen molar-refractivity contribution >= 4 is 23.6 Å². The molecule has 2 atom stereocenters. The first-order valence-corrected chi connectivity index (χ1v) is 11.7. The predicted octanol–water partition coefficient (Wildman–Crippen LogP) is 3.77. The first-order chi connectivity index (χ1) is 14.0. The molecule has 7 heteroatoms. The van der Waals surface area contributed by atoms with Gasteiger partial charge in [-0.25, -0.2) is 0 Å². The molecule has 2 aromatic rings. The molecule has 2 fully saturated rings. The van der Waals surface area contributed by atoms with E-state index in [-0.39, 0.29) is 5.91 Å².